The SMILES string of the molecule is CCCCCC/C([O-])=N/S(=O)(=O)c1ccc(NC(=O)COc2ccc(Cl)cc2C(=O)c2cc(Cl)cc(C#N)c2)c(C)c1. The molecule has 1 N–H and O–H groups in total. The highest BCUT2D eigenvalue weighted by Gasteiger charge is 2.19. The number of hydrogen-bond acceptors (Lipinski definition) is 7. The highest BCUT2D eigenvalue weighted by atomic mass is 35.5. The van der Waals surface area contributed by atoms with Gasteiger partial charge in [0, 0.05) is 21.3 Å². The van der Waals surface area contributed by atoms with Crippen molar-refractivity contribution in [1.82, 2.24) is 0 Å². The second kappa shape index (κ2) is 14.8. The summed E-state index contributed by atoms with van der Waals surface area (Å²) in [5.74, 6) is -1.70. The van der Waals surface area contributed by atoms with Gasteiger partial charge in [-0.3, -0.25) is 9.59 Å². The summed E-state index contributed by atoms with van der Waals surface area (Å²) < 4.78 is 34.2. The Morgan fingerprint density at radius 1 is 1.02 bits per heavy atom. The topological polar surface area (TPSA) is 149 Å². The van der Waals surface area contributed by atoms with Crippen LogP contribution in [-0.2, 0) is 14.8 Å². The van der Waals surface area contributed by atoms with Crippen LogP contribution in [0, 0.1) is 18.3 Å². The van der Waals surface area contributed by atoms with Crippen LogP contribution < -0.4 is 15.2 Å². The maximum atomic E-state index is 13.2. The van der Waals surface area contributed by atoms with Crippen molar-refractivity contribution in [3.63, 3.8) is 0 Å². The maximum absolute atomic E-state index is 13.2. The zero-order valence-electron chi connectivity index (χ0n) is 22.9. The van der Waals surface area contributed by atoms with E-state index in [-0.39, 0.29) is 43.8 Å². The number of nitrogens with zero attached hydrogens (tertiary/aromatic N) is 2. The minimum Gasteiger partial charge on any atom is -0.861 e. The fraction of sp³-hybridized carbons (Fsp3) is 0.267. The highest BCUT2D eigenvalue weighted by Crippen LogP contribution is 2.28. The van der Waals surface area contributed by atoms with Gasteiger partial charge in [-0.15, -0.1) is 0 Å². The van der Waals surface area contributed by atoms with Crippen LogP contribution in [0.25, 0.3) is 0 Å². The average Bonchev–Trinajstić information content (AvgIpc) is 2.94. The molecular formula is C30H28Cl2N3O6S-. The van der Waals surface area contributed by atoms with Crippen molar-refractivity contribution in [2.75, 3.05) is 11.9 Å². The molecule has 0 aliphatic rings. The molecule has 42 heavy (non-hydrogen) atoms. The van der Waals surface area contributed by atoms with Gasteiger partial charge in [-0.05, 0) is 85.8 Å². The van der Waals surface area contributed by atoms with E-state index in [0.717, 1.165) is 19.3 Å². The predicted molar refractivity (Wildman–Crippen MR) is 160 cm³/mol. The Balaban J connectivity index is 1.70. The molecule has 220 valence electrons. The lowest BCUT2D eigenvalue weighted by Gasteiger charge is -2.14. The number of hydrogen-bond donors (Lipinski definition) is 1. The number of aryl methyl sites for hydroxylation is 1. The van der Waals surface area contributed by atoms with E-state index in [1.54, 1.807) is 6.92 Å². The number of halogens is 2. The van der Waals surface area contributed by atoms with Gasteiger partial charge in [-0.1, -0.05) is 49.4 Å². The standard InChI is InChI=1S/C30H29Cl2N3O6S/c1-3-4-5-6-7-28(36)35-42(39,40)24-9-10-26(19(2)12-24)34-29(37)18-41-27-11-8-22(31)16-25(27)30(38)21-13-20(17-33)14-23(32)15-21/h8-16H,3-7,18H2,1-2H3,(H,34,37)(H,35,36)/p-1. The molecule has 0 unspecified atom stereocenters. The van der Waals surface area contributed by atoms with Gasteiger partial charge in [-0.25, -0.2) is 0 Å². The molecule has 0 aliphatic heterocycles. The van der Waals surface area contributed by atoms with Crippen molar-refractivity contribution in [1.29, 1.82) is 5.26 Å². The fourth-order valence-corrected chi connectivity index (χ4v) is 5.39. The molecule has 0 heterocycles. The van der Waals surface area contributed by atoms with Crippen LogP contribution in [0.5, 0.6) is 5.75 Å². The van der Waals surface area contributed by atoms with E-state index in [2.05, 4.69) is 9.71 Å². The third-order valence-electron chi connectivity index (χ3n) is 6.07. The largest absolute Gasteiger partial charge is 0.861 e. The molecule has 3 rings (SSSR count). The van der Waals surface area contributed by atoms with E-state index < -0.39 is 34.2 Å². The molecule has 0 bridgehead atoms. The lowest BCUT2D eigenvalue weighted by molar-refractivity contribution is -0.218. The monoisotopic (exact) mass is 628 g/mol. The molecule has 0 atom stereocenters. The summed E-state index contributed by atoms with van der Waals surface area (Å²) >= 11 is 12.1. The van der Waals surface area contributed by atoms with Gasteiger partial charge in [-0.2, -0.15) is 18.1 Å². The van der Waals surface area contributed by atoms with Crippen LogP contribution in [0.15, 0.2) is 63.9 Å². The van der Waals surface area contributed by atoms with E-state index in [9.17, 15) is 28.4 Å². The second-order valence-electron chi connectivity index (χ2n) is 9.39. The number of unbranched alkanes of at least 4 members (excludes halogenated alkanes) is 3. The van der Waals surface area contributed by atoms with E-state index in [1.807, 2.05) is 13.0 Å². The van der Waals surface area contributed by atoms with Gasteiger partial charge >= 0.3 is 0 Å². The molecule has 0 aromatic heterocycles. The zero-order chi connectivity index (χ0) is 30.9. The summed E-state index contributed by atoms with van der Waals surface area (Å²) in [6.45, 7) is 3.15. The highest BCUT2D eigenvalue weighted by molar-refractivity contribution is 7.90. The number of rotatable bonds is 13. The Morgan fingerprint density at radius 2 is 1.79 bits per heavy atom. The Hall–Kier alpha value is -3.91. The molecule has 3 aromatic carbocycles. The number of nitrogens with one attached hydrogen (secondary N) is 1. The van der Waals surface area contributed by atoms with E-state index in [0.29, 0.717) is 17.7 Å². The first-order chi connectivity index (χ1) is 19.9. The summed E-state index contributed by atoms with van der Waals surface area (Å²) in [6, 6.07) is 14.4. The minimum absolute atomic E-state index is 0.0628. The Morgan fingerprint density at radius 3 is 2.48 bits per heavy atom. The summed E-state index contributed by atoms with van der Waals surface area (Å²) in [5, 5.41) is 24.3. The molecule has 0 saturated carbocycles. The van der Waals surface area contributed by atoms with Gasteiger partial charge in [0.05, 0.1) is 22.1 Å². The number of carbonyl (C=O) groups is 2. The van der Waals surface area contributed by atoms with Crippen LogP contribution >= 0.6 is 23.2 Å². The molecule has 0 aliphatic carbocycles. The third-order valence-corrected chi connectivity index (χ3v) is 7.82. The number of amides is 1. The molecule has 1 amide bonds. The number of anilines is 1. The molecule has 0 spiro atoms. The summed E-state index contributed by atoms with van der Waals surface area (Å²) in [5.41, 5.74) is 1.16. The van der Waals surface area contributed by atoms with Gasteiger partial charge in [0.1, 0.15) is 5.75 Å². The molecule has 0 saturated heterocycles. The first-order valence-electron chi connectivity index (χ1n) is 13.0. The Bertz CT molecular complexity index is 1670. The number of carbonyl (C=O) groups excluding carboxylic acids is 2. The second-order valence-corrected chi connectivity index (χ2v) is 11.9. The Kier molecular flexibility index (Phi) is 11.5. The molecular weight excluding hydrogens is 601 g/mol. The summed E-state index contributed by atoms with van der Waals surface area (Å²) in [6.07, 6.45) is 3.42. The number of benzene rings is 3. The number of nitriles is 1. The number of ketones is 1. The van der Waals surface area contributed by atoms with E-state index in [1.165, 1.54) is 54.6 Å². The fourth-order valence-electron chi connectivity index (χ4n) is 3.95. The quantitative estimate of drug-likeness (QED) is 0.108. The van der Waals surface area contributed by atoms with Crippen LogP contribution in [0.1, 0.15) is 66.1 Å². The van der Waals surface area contributed by atoms with Gasteiger partial charge in [0.15, 0.2) is 12.4 Å². The van der Waals surface area contributed by atoms with Crippen LogP contribution in [0.2, 0.25) is 10.0 Å². The lowest BCUT2D eigenvalue weighted by atomic mass is 10.0. The molecule has 0 fully saturated rings. The smallest absolute Gasteiger partial charge is 0.281 e. The minimum atomic E-state index is -4.19. The van der Waals surface area contributed by atoms with Gasteiger partial charge in [0.25, 0.3) is 15.9 Å². The number of sulfonamides is 1. The molecule has 12 heteroatoms. The van der Waals surface area contributed by atoms with E-state index >= 15 is 0 Å². The molecule has 9 nitrogen and oxygen atoms in total. The van der Waals surface area contributed by atoms with Crippen LogP contribution in [0.4, 0.5) is 5.69 Å². The van der Waals surface area contributed by atoms with Crippen molar-refractivity contribution in [3.8, 4) is 11.8 Å². The molecule has 3 aromatic rings. The average molecular weight is 630 g/mol. The van der Waals surface area contributed by atoms with Crippen molar-refractivity contribution >= 4 is 56.5 Å². The van der Waals surface area contributed by atoms with Crippen molar-refractivity contribution in [2.24, 2.45) is 4.40 Å². The van der Waals surface area contributed by atoms with Crippen molar-refractivity contribution in [2.45, 2.75) is 50.8 Å². The van der Waals surface area contributed by atoms with E-state index in [4.69, 9.17) is 27.9 Å². The Labute approximate surface area is 254 Å². The first-order valence-corrected chi connectivity index (χ1v) is 15.2. The van der Waals surface area contributed by atoms with Gasteiger partial charge in [0.2, 0.25) is 0 Å². The van der Waals surface area contributed by atoms with Gasteiger partial charge < -0.3 is 15.2 Å². The maximum Gasteiger partial charge on any atom is 0.281 e. The summed E-state index contributed by atoms with van der Waals surface area (Å²) in [4.78, 5) is 25.7. The predicted octanol–water partition coefficient (Wildman–Crippen LogP) is 5.84. The van der Waals surface area contributed by atoms with Crippen molar-refractivity contribution in [3.05, 3.63) is 86.9 Å². The summed E-state index contributed by atoms with van der Waals surface area (Å²) in [7, 11) is -4.19. The third kappa shape index (κ3) is 9.05. The lowest BCUT2D eigenvalue weighted by Crippen LogP contribution is -2.21. The van der Waals surface area contributed by atoms with Crippen LogP contribution in [-0.4, -0.2) is 32.6 Å². The van der Waals surface area contributed by atoms with Crippen LogP contribution in [0.3, 0.4) is 0 Å². The molecule has 0 radical (unpaired) electrons. The first kappa shape index (κ1) is 32.6. The zero-order valence-corrected chi connectivity index (χ0v) is 25.3. The normalized spacial score (nSPS) is 11.5. The number of ether oxygens (including phenoxy) is 1. The van der Waals surface area contributed by atoms with Crippen molar-refractivity contribution < 1.29 is 27.9 Å².